The number of carbonyl (C=O) groups excluding carboxylic acids is 2. The molecular weight excluding hydrogens is 286 g/mol. The summed E-state index contributed by atoms with van der Waals surface area (Å²) in [4.78, 5) is 26.2. The first-order valence-electron chi connectivity index (χ1n) is 6.83. The molecule has 6 heteroatoms. The molecule has 0 radical (unpaired) electrons. The molecule has 3 N–H and O–H groups in total. The molecule has 2 aromatic rings. The van der Waals surface area contributed by atoms with E-state index >= 15 is 0 Å². The van der Waals surface area contributed by atoms with Gasteiger partial charge in [-0.05, 0) is 17.5 Å². The van der Waals surface area contributed by atoms with Gasteiger partial charge in [0.2, 0.25) is 0 Å². The Bertz CT molecular complexity index is 707. The van der Waals surface area contributed by atoms with E-state index in [4.69, 9.17) is 0 Å². The minimum absolute atomic E-state index is 0.312. The molecular formula is C16H15NO5. The third-order valence-electron chi connectivity index (χ3n) is 4.13. The van der Waals surface area contributed by atoms with Crippen molar-refractivity contribution >= 4 is 22.6 Å². The third-order valence-corrected chi connectivity index (χ3v) is 4.13. The van der Waals surface area contributed by atoms with E-state index in [9.17, 15) is 24.9 Å². The Morgan fingerprint density at radius 1 is 0.818 bits per heavy atom. The van der Waals surface area contributed by atoms with E-state index < -0.39 is 37.2 Å². The molecule has 0 fully saturated rings. The average molecular weight is 301 g/mol. The highest BCUT2D eigenvalue weighted by Gasteiger charge is 2.46. The van der Waals surface area contributed by atoms with Crippen molar-refractivity contribution < 1.29 is 24.9 Å². The largest absolute Gasteiger partial charge is 0.394 e. The fourth-order valence-corrected chi connectivity index (χ4v) is 2.82. The van der Waals surface area contributed by atoms with Crippen molar-refractivity contribution in [3.05, 3.63) is 47.5 Å². The topological polar surface area (TPSA) is 98.1 Å². The molecule has 0 aromatic heterocycles. The van der Waals surface area contributed by atoms with Crippen LogP contribution in [0.3, 0.4) is 0 Å². The van der Waals surface area contributed by atoms with Crippen LogP contribution in [0.4, 0.5) is 0 Å². The molecule has 0 atom stereocenters. The van der Waals surface area contributed by atoms with Crippen LogP contribution in [0, 0.1) is 0 Å². The highest BCUT2D eigenvalue weighted by molar-refractivity contribution is 6.25. The molecule has 0 aliphatic carbocycles. The maximum atomic E-state index is 12.7. The molecule has 0 unspecified atom stereocenters. The number of benzene rings is 2. The Labute approximate surface area is 126 Å². The van der Waals surface area contributed by atoms with Crippen LogP contribution in [0.1, 0.15) is 20.7 Å². The van der Waals surface area contributed by atoms with Crippen molar-refractivity contribution in [2.24, 2.45) is 0 Å². The van der Waals surface area contributed by atoms with Gasteiger partial charge in [-0.2, -0.15) is 0 Å². The van der Waals surface area contributed by atoms with E-state index in [0.29, 0.717) is 16.5 Å². The normalized spacial score (nSPS) is 14.8. The summed E-state index contributed by atoms with van der Waals surface area (Å²) in [7, 11) is 0. The van der Waals surface area contributed by atoms with Crippen molar-refractivity contribution in [3.63, 3.8) is 0 Å². The van der Waals surface area contributed by atoms with Crippen LogP contribution >= 0.6 is 0 Å². The van der Waals surface area contributed by atoms with E-state index in [1.54, 1.807) is 36.4 Å². The van der Waals surface area contributed by atoms with Crippen molar-refractivity contribution in [2.75, 3.05) is 19.8 Å². The number of rotatable bonds is 4. The number of nitrogens with zero attached hydrogens (tertiary/aromatic N) is 1. The highest BCUT2D eigenvalue weighted by Crippen LogP contribution is 2.33. The Balaban J connectivity index is 2.28. The molecule has 3 rings (SSSR count). The van der Waals surface area contributed by atoms with Gasteiger partial charge in [0.1, 0.15) is 5.54 Å². The van der Waals surface area contributed by atoms with Gasteiger partial charge >= 0.3 is 0 Å². The molecule has 22 heavy (non-hydrogen) atoms. The summed E-state index contributed by atoms with van der Waals surface area (Å²) in [6, 6.07) is 10.2. The van der Waals surface area contributed by atoms with E-state index in [1.807, 2.05) is 0 Å². The smallest absolute Gasteiger partial charge is 0.262 e. The fourth-order valence-electron chi connectivity index (χ4n) is 2.82. The zero-order chi connectivity index (χ0) is 15.9. The summed E-state index contributed by atoms with van der Waals surface area (Å²) in [6.07, 6.45) is 0. The molecule has 0 spiro atoms. The number of amides is 2. The quantitative estimate of drug-likeness (QED) is 0.698. The second-order valence-electron chi connectivity index (χ2n) is 5.35. The standard InChI is InChI=1S/C16H15NO5/c18-7-16(8-19,9-20)17-14(21)11-5-1-3-10-4-2-6-12(13(10)11)15(17)22/h1-6,18-20H,7-9H2. The van der Waals surface area contributed by atoms with Crippen LogP contribution in [0.5, 0.6) is 0 Å². The average Bonchev–Trinajstić information content (AvgIpc) is 2.56. The minimum Gasteiger partial charge on any atom is -0.394 e. The van der Waals surface area contributed by atoms with Crippen molar-refractivity contribution in [2.45, 2.75) is 5.54 Å². The lowest BCUT2D eigenvalue weighted by Crippen LogP contribution is -2.62. The van der Waals surface area contributed by atoms with Crippen molar-refractivity contribution in [3.8, 4) is 0 Å². The van der Waals surface area contributed by atoms with E-state index in [1.165, 1.54) is 0 Å². The maximum Gasteiger partial charge on any atom is 0.262 e. The molecule has 2 aromatic carbocycles. The van der Waals surface area contributed by atoms with E-state index in [0.717, 1.165) is 10.3 Å². The van der Waals surface area contributed by atoms with Gasteiger partial charge in [-0.15, -0.1) is 0 Å². The molecule has 1 heterocycles. The molecule has 0 bridgehead atoms. The zero-order valence-electron chi connectivity index (χ0n) is 11.7. The van der Waals surface area contributed by atoms with Crippen LogP contribution in [0.15, 0.2) is 36.4 Å². The van der Waals surface area contributed by atoms with Gasteiger partial charge in [-0.25, -0.2) is 0 Å². The summed E-state index contributed by atoms with van der Waals surface area (Å²) < 4.78 is 0. The number of carbonyl (C=O) groups is 2. The molecule has 114 valence electrons. The molecule has 2 amide bonds. The SMILES string of the molecule is O=C1c2cccc3cccc(c23)C(=O)N1C(CO)(CO)CO. The van der Waals surface area contributed by atoms with Crippen LogP contribution in [0.2, 0.25) is 0 Å². The Hall–Kier alpha value is -2.28. The van der Waals surface area contributed by atoms with Gasteiger partial charge in [0.15, 0.2) is 0 Å². The minimum atomic E-state index is -1.73. The number of imide groups is 1. The highest BCUT2D eigenvalue weighted by atomic mass is 16.3. The summed E-state index contributed by atoms with van der Waals surface area (Å²) in [5.41, 5.74) is -1.11. The Morgan fingerprint density at radius 3 is 1.68 bits per heavy atom. The van der Waals surface area contributed by atoms with E-state index in [-0.39, 0.29) is 0 Å². The molecule has 1 aliphatic heterocycles. The lowest BCUT2D eigenvalue weighted by Gasteiger charge is -2.40. The fraction of sp³-hybridized carbons (Fsp3) is 0.250. The van der Waals surface area contributed by atoms with Crippen molar-refractivity contribution in [1.29, 1.82) is 0 Å². The lowest BCUT2D eigenvalue weighted by atomic mass is 9.89. The molecule has 0 saturated carbocycles. The van der Waals surface area contributed by atoms with Crippen molar-refractivity contribution in [1.82, 2.24) is 4.90 Å². The van der Waals surface area contributed by atoms with Gasteiger partial charge in [0, 0.05) is 16.5 Å². The third kappa shape index (κ3) is 1.78. The number of hydrogen-bond donors (Lipinski definition) is 3. The predicted molar refractivity (Wildman–Crippen MR) is 78.4 cm³/mol. The van der Waals surface area contributed by atoms with Crippen LogP contribution in [0.25, 0.3) is 10.8 Å². The van der Waals surface area contributed by atoms with Gasteiger partial charge < -0.3 is 15.3 Å². The van der Waals surface area contributed by atoms with Crippen LogP contribution < -0.4 is 0 Å². The Morgan fingerprint density at radius 2 is 1.27 bits per heavy atom. The number of hydrogen-bond acceptors (Lipinski definition) is 5. The van der Waals surface area contributed by atoms with Gasteiger partial charge in [0.25, 0.3) is 11.8 Å². The first-order chi connectivity index (χ1) is 10.6. The second kappa shape index (κ2) is 5.17. The molecule has 1 aliphatic rings. The monoisotopic (exact) mass is 301 g/mol. The number of aliphatic hydroxyl groups is 3. The first kappa shape index (κ1) is 14.6. The molecule has 6 nitrogen and oxygen atoms in total. The second-order valence-corrected chi connectivity index (χ2v) is 5.35. The maximum absolute atomic E-state index is 12.7. The molecule has 0 saturated heterocycles. The zero-order valence-corrected chi connectivity index (χ0v) is 11.7. The van der Waals surface area contributed by atoms with Gasteiger partial charge in [-0.3, -0.25) is 14.5 Å². The summed E-state index contributed by atoms with van der Waals surface area (Å²) in [5, 5.41) is 29.9. The first-order valence-corrected chi connectivity index (χ1v) is 6.83. The Kier molecular flexibility index (Phi) is 3.44. The summed E-state index contributed by atoms with van der Waals surface area (Å²) in [6.45, 7) is -2.18. The predicted octanol–water partition coefficient (Wildman–Crippen LogP) is 0.151. The summed E-state index contributed by atoms with van der Waals surface area (Å²) >= 11 is 0. The van der Waals surface area contributed by atoms with Crippen LogP contribution in [-0.4, -0.2) is 57.4 Å². The van der Waals surface area contributed by atoms with Gasteiger partial charge in [0.05, 0.1) is 19.8 Å². The number of aliphatic hydroxyl groups excluding tert-OH is 3. The lowest BCUT2D eigenvalue weighted by molar-refractivity contribution is -0.0266. The van der Waals surface area contributed by atoms with E-state index in [2.05, 4.69) is 0 Å². The van der Waals surface area contributed by atoms with Crippen LogP contribution in [-0.2, 0) is 0 Å². The summed E-state index contributed by atoms with van der Waals surface area (Å²) in [5.74, 6) is -1.27. The van der Waals surface area contributed by atoms with Gasteiger partial charge in [-0.1, -0.05) is 24.3 Å².